The number of nitrogens with two attached hydrogens (primary N) is 1. The molecule has 0 radical (unpaired) electrons. The maximum atomic E-state index is 15.1. The number of hydrogen-bond donors (Lipinski definition) is 1. The van der Waals surface area contributed by atoms with Crippen molar-refractivity contribution in [2.45, 2.75) is 33.2 Å². The molecule has 2 N–H and O–H groups in total. The van der Waals surface area contributed by atoms with E-state index in [2.05, 4.69) is 33.5 Å². The largest absolute Gasteiger partial charge is 0.476 e. The molecule has 4 heterocycles. The summed E-state index contributed by atoms with van der Waals surface area (Å²) in [5.74, 6) is 1.63. The first-order valence-electron chi connectivity index (χ1n) is 12.0. The van der Waals surface area contributed by atoms with Crippen molar-refractivity contribution in [2.24, 2.45) is 0 Å². The normalized spacial score (nSPS) is 14.8. The quantitative estimate of drug-likeness (QED) is 0.284. The Kier molecular flexibility index (Phi) is 7.57. The molecule has 38 heavy (non-hydrogen) atoms. The average molecular weight is 525 g/mol. The zero-order valence-electron chi connectivity index (χ0n) is 21.2. The van der Waals surface area contributed by atoms with Gasteiger partial charge in [0.2, 0.25) is 17.5 Å². The fourth-order valence-corrected chi connectivity index (χ4v) is 4.27. The Bertz CT molecular complexity index is 1480. The first-order valence-corrected chi connectivity index (χ1v) is 12.0. The molecule has 4 rings (SSSR count). The molecule has 10 nitrogen and oxygen atoms in total. The number of anilines is 1. The Morgan fingerprint density at radius 3 is 2.45 bits per heavy atom. The van der Waals surface area contributed by atoms with E-state index in [-0.39, 0.29) is 53.4 Å². The van der Waals surface area contributed by atoms with Crippen LogP contribution in [0.2, 0.25) is 0 Å². The number of hydrogen-bond acceptors (Lipinski definition) is 8. The standard InChI is InChI=1S/C26H26F2N6O4/c1-5-19(36)33-11-10-15(13-33)34-23-17(14(4)35)12-30-24(29)20(23)18(32-34)9-8-16-21(27)25(37-6-2)31-26(22(16)28)38-7-3/h5,12,15H,1,6-7,10-11,13H2,2-4H3,(H2,29,30)/t15-/m0/s1. The number of fused-ring (bicyclic) bond motifs is 1. The molecule has 0 aromatic carbocycles. The van der Waals surface area contributed by atoms with Crippen LogP contribution >= 0.6 is 0 Å². The zero-order chi connectivity index (χ0) is 27.6. The third-order valence-corrected chi connectivity index (χ3v) is 6.01. The lowest BCUT2D eigenvalue weighted by molar-refractivity contribution is -0.125. The molecule has 1 fully saturated rings. The van der Waals surface area contributed by atoms with Gasteiger partial charge in [0.05, 0.1) is 35.7 Å². The highest BCUT2D eigenvalue weighted by atomic mass is 19.1. The van der Waals surface area contributed by atoms with Gasteiger partial charge in [0.1, 0.15) is 17.1 Å². The number of likely N-dealkylation sites (tertiary alicyclic amines) is 1. The number of ketones is 1. The van der Waals surface area contributed by atoms with Crippen LogP contribution in [0.5, 0.6) is 11.8 Å². The number of Topliss-reactive ketones (excluding diaryl/α,β-unsaturated/α-hetero) is 1. The van der Waals surface area contributed by atoms with Crippen LogP contribution in [0.4, 0.5) is 14.6 Å². The van der Waals surface area contributed by atoms with E-state index in [4.69, 9.17) is 15.2 Å². The molecule has 12 heteroatoms. The number of nitrogen functional groups attached to an aromatic ring is 1. The van der Waals surface area contributed by atoms with Gasteiger partial charge in [-0.05, 0) is 39.2 Å². The maximum Gasteiger partial charge on any atom is 0.255 e. The van der Waals surface area contributed by atoms with E-state index >= 15 is 8.78 Å². The van der Waals surface area contributed by atoms with Crippen LogP contribution in [0.15, 0.2) is 18.9 Å². The minimum atomic E-state index is -1.09. The molecular weight excluding hydrogens is 498 g/mol. The Morgan fingerprint density at radius 2 is 1.87 bits per heavy atom. The monoisotopic (exact) mass is 524 g/mol. The Balaban J connectivity index is 1.91. The Labute approximate surface area is 217 Å². The number of carbonyl (C=O) groups excluding carboxylic acids is 2. The molecule has 1 amide bonds. The number of aromatic nitrogens is 4. The smallest absolute Gasteiger partial charge is 0.255 e. The fourth-order valence-electron chi connectivity index (χ4n) is 4.27. The molecule has 0 saturated carbocycles. The number of rotatable bonds is 7. The number of nitrogens with zero attached hydrogens (tertiary/aromatic N) is 5. The van der Waals surface area contributed by atoms with Gasteiger partial charge < -0.3 is 20.1 Å². The van der Waals surface area contributed by atoms with Crippen LogP contribution in [-0.4, -0.2) is 62.6 Å². The van der Waals surface area contributed by atoms with Gasteiger partial charge in [-0.2, -0.15) is 18.9 Å². The minimum absolute atomic E-state index is 0.0400. The van der Waals surface area contributed by atoms with E-state index in [9.17, 15) is 9.59 Å². The van der Waals surface area contributed by atoms with E-state index in [0.29, 0.717) is 25.0 Å². The number of pyridine rings is 2. The van der Waals surface area contributed by atoms with Gasteiger partial charge in [-0.3, -0.25) is 14.3 Å². The summed E-state index contributed by atoms with van der Waals surface area (Å²) < 4.78 is 42.1. The van der Waals surface area contributed by atoms with Gasteiger partial charge in [-0.1, -0.05) is 12.5 Å². The van der Waals surface area contributed by atoms with Crippen LogP contribution in [0.1, 0.15) is 54.8 Å². The third kappa shape index (κ3) is 4.74. The first kappa shape index (κ1) is 26.5. The van der Waals surface area contributed by atoms with Gasteiger partial charge >= 0.3 is 0 Å². The van der Waals surface area contributed by atoms with E-state index in [1.54, 1.807) is 23.4 Å². The van der Waals surface area contributed by atoms with Crippen molar-refractivity contribution >= 4 is 28.4 Å². The van der Waals surface area contributed by atoms with Crippen LogP contribution in [0.25, 0.3) is 10.9 Å². The second-order valence-electron chi connectivity index (χ2n) is 8.40. The summed E-state index contributed by atoms with van der Waals surface area (Å²) in [6.45, 7) is 9.12. The summed E-state index contributed by atoms with van der Waals surface area (Å²) in [4.78, 5) is 34.1. The van der Waals surface area contributed by atoms with Gasteiger partial charge in [-0.25, -0.2) is 4.98 Å². The lowest BCUT2D eigenvalue weighted by Gasteiger charge is -2.16. The van der Waals surface area contributed by atoms with Crippen molar-refractivity contribution in [3.8, 4) is 23.6 Å². The number of carbonyl (C=O) groups is 2. The first-order chi connectivity index (χ1) is 18.2. The van der Waals surface area contributed by atoms with Crippen molar-refractivity contribution in [2.75, 3.05) is 32.0 Å². The summed E-state index contributed by atoms with van der Waals surface area (Å²) in [5.41, 5.74) is 6.25. The highest BCUT2D eigenvalue weighted by Gasteiger charge is 2.31. The molecular formula is C26H26F2N6O4. The molecule has 1 aliphatic rings. The highest BCUT2D eigenvalue weighted by Crippen LogP contribution is 2.33. The molecule has 1 saturated heterocycles. The number of halogens is 2. The second kappa shape index (κ2) is 10.8. The third-order valence-electron chi connectivity index (χ3n) is 6.01. The lowest BCUT2D eigenvalue weighted by Crippen LogP contribution is -2.27. The van der Waals surface area contributed by atoms with E-state index in [1.165, 1.54) is 19.2 Å². The summed E-state index contributed by atoms with van der Waals surface area (Å²) >= 11 is 0. The summed E-state index contributed by atoms with van der Waals surface area (Å²) in [7, 11) is 0. The molecule has 198 valence electrons. The van der Waals surface area contributed by atoms with Crippen LogP contribution < -0.4 is 15.2 Å². The van der Waals surface area contributed by atoms with Gasteiger partial charge in [-0.15, -0.1) is 0 Å². The molecule has 3 aromatic heterocycles. The molecule has 0 aliphatic carbocycles. The SMILES string of the molecule is C=CC(=O)N1CC[C@H](n2nc(C#Cc3c(F)c(OCC)nc(OCC)c3F)c3c(N)ncc(C(C)=O)c32)C1. The number of ether oxygens (including phenoxy) is 2. The number of amides is 1. The lowest BCUT2D eigenvalue weighted by atomic mass is 10.1. The molecule has 0 spiro atoms. The average Bonchev–Trinajstić information content (AvgIpc) is 3.52. The summed E-state index contributed by atoms with van der Waals surface area (Å²) in [6.07, 6.45) is 3.13. The van der Waals surface area contributed by atoms with E-state index in [0.717, 1.165) is 0 Å². The highest BCUT2D eigenvalue weighted by molar-refractivity contribution is 6.09. The van der Waals surface area contributed by atoms with Crippen molar-refractivity contribution in [1.82, 2.24) is 24.6 Å². The van der Waals surface area contributed by atoms with Crippen molar-refractivity contribution in [3.05, 3.63) is 47.3 Å². The van der Waals surface area contributed by atoms with E-state index < -0.39 is 29.0 Å². The van der Waals surface area contributed by atoms with Gasteiger partial charge in [0, 0.05) is 19.3 Å². The van der Waals surface area contributed by atoms with Crippen molar-refractivity contribution in [3.63, 3.8) is 0 Å². The van der Waals surface area contributed by atoms with Gasteiger partial charge in [0.15, 0.2) is 5.78 Å². The van der Waals surface area contributed by atoms with Crippen LogP contribution in [-0.2, 0) is 4.79 Å². The molecule has 0 bridgehead atoms. The van der Waals surface area contributed by atoms with Gasteiger partial charge in [0.25, 0.3) is 11.8 Å². The molecule has 1 atom stereocenters. The van der Waals surface area contributed by atoms with Crippen molar-refractivity contribution < 1.29 is 27.8 Å². The van der Waals surface area contributed by atoms with Crippen molar-refractivity contribution in [1.29, 1.82) is 0 Å². The van der Waals surface area contributed by atoms with Crippen LogP contribution in [0.3, 0.4) is 0 Å². The molecule has 0 unspecified atom stereocenters. The maximum absolute atomic E-state index is 15.1. The Morgan fingerprint density at radius 1 is 1.21 bits per heavy atom. The second-order valence-corrected chi connectivity index (χ2v) is 8.40. The minimum Gasteiger partial charge on any atom is -0.476 e. The Hall–Kier alpha value is -4.53. The zero-order valence-corrected chi connectivity index (χ0v) is 21.2. The molecule has 1 aliphatic heterocycles. The van der Waals surface area contributed by atoms with Crippen LogP contribution in [0, 0.1) is 23.5 Å². The molecule has 3 aromatic rings. The fraction of sp³-hybridized carbons (Fsp3) is 0.346. The topological polar surface area (TPSA) is 125 Å². The predicted octanol–water partition coefficient (Wildman–Crippen LogP) is 3.05. The van der Waals surface area contributed by atoms with E-state index in [1.807, 2.05) is 0 Å². The summed E-state index contributed by atoms with van der Waals surface area (Å²) in [5, 5.41) is 4.84. The summed E-state index contributed by atoms with van der Waals surface area (Å²) in [6, 6.07) is -0.305. The predicted molar refractivity (Wildman–Crippen MR) is 135 cm³/mol.